The molecule has 50 heavy (non-hydrogen) atoms. The van der Waals surface area contributed by atoms with Gasteiger partial charge in [-0.05, 0) is 104 Å². The van der Waals surface area contributed by atoms with E-state index < -0.39 is 0 Å². The zero-order valence-electron chi connectivity index (χ0n) is 28.9. The largest absolute Gasteiger partial charge is 0.308 e. The Kier molecular flexibility index (Phi) is 6.01. The van der Waals surface area contributed by atoms with Crippen molar-refractivity contribution >= 4 is 11.0 Å². The van der Waals surface area contributed by atoms with Crippen LogP contribution in [-0.2, 0) is 10.8 Å². The van der Waals surface area contributed by atoms with Crippen molar-refractivity contribution in [2.45, 2.75) is 38.5 Å². The lowest BCUT2D eigenvalue weighted by atomic mass is 9.82. The normalized spacial score (nSPS) is 14.7. The topological polar surface area (TPSA) is 9.86 Å². The predicted molar refractivity (Wildman–Crippen MR) is 209 cm³/mol. The Labute approximate surface area is 293 Å². The average Bonchev–Trinajstić information content (AvgIpc) is 3.84. The summed E-state index contributed by atoms with van der Waals surface area (Å²) >= 11 is 0. The van der Waals surface area contributed by atoms with Gasteiger partial charge in [-0.3, -0.25) is 0 Å². The van der Waals surface area contributed by atoms with Gasteiger partial charge in [0.1, 0.15) is 0 Å². The molecule has 0 bridgehead atoms. The summed E-state index contributed by atoms with van der Waals surface area (Å²) in [6, 6.07) is 58.5. The molecule has 0 spiro atoms. The maximum absolute atomic E-state index is 2.46. The molecule has 0 atom stereocenters. The van der Waals surface area contributed by atoms with Crippen LogP contribution in [0.2, 0.25) is 0 Å². The molecular formula is C48H38N2. The number of benzene rings is 6. The molecular weight excluding hydrogens is 605 g/mol. The molecule has 2 heterocycles. The van der Waals surface area contributed by atoms with Crippen LogP contribution in [0.3, 0.4) is 0 Å². The van der Waals surface area contributed by atoms with Gasteiger partial charge in [-0.25, -0.2) is 0 Å². The molecule has 0 saturated heterocycles. The number of para-hydroxylation sites is 2. The van der Waals surface area contributed by atoms with E-state index in [0.29, 0.717) is 0 Å². The summed E-state index contributed by atoms with van der Waals surface area (Å²) in [6.45, 7) is 9.45. The lowest BCUT2D eigenvalue weighted by molar-refractivity contribution is 0.660. The Morgan fingerprint density at radius 3 is 1.12 bits per heavy atom. The highest BCUT2D eigenvalue weighted by Gasteiger charge is 2.37. The van der Waals surface area contributed by atoms with Crippen LogP contribution in [0.25, 0.3) is 67.2 Å². The molecule has 0 unspecified atom stereocenters. The molecule has 0 aliphatic heterocycles. The van der Waals surface area contributed by atoms with Crippen LogP contribution in [0.5, 0.6) is 0 Å². The molecule has 0 amide bonds. The van der Waals surface area contributed by atoms with Crippen molar-refractivity contribution in [3.8, 4) is 56.1 Å². The summed E-state index contributed by atoms with van der Waals surface area (Å²) in [7, 11) is 0. The maximum atomic E-state index is 2.46. The van der Waals surface area contributed by atoms with Crippen LogP contribution in [0.4, 0.5) is 0 Å². The smallest absolute Gasteiger partial charge is 0.0724 e. The van der Waals surface area contributed by atoms with Crippen LogP contribution >= 0.6 is 0 Å². The van der Waals surface area contributed by atoms with Gasteiger partial charge in [0.2, 0.25) is 0 Å². The van der Waals surface area contributed by atoms with Crippen molar-refractivity contribution in [1.29, 1.82) is 0 Å². The number of hydrogen-bond donors (Lipinski definition) is 0. The Bertz CT molecular complexity index is 2440. The number of aromatic nitrogens is 2. The minimum Gasteiger partial charge on any atom is -0.308 e. The first kappa shape index (κ1) is 29.1. The van der Waals surface area contributed by atoms with Crippen molar-refractivity contribution in [2.24, 2.45) is 0 Å². The van der Waals surface area contributed by atoms with Gasteiger partial charge in [-0.1, -0.05) is 137 Å². The van der Waals surface area contributed by atoms with Gasteiger partial charge < -0.3 is 9.13 Å². The highest BCUT2D eigenvalue weighted by atomic mass is 15.1. The van der Waals surface area contributed by atoms with E-state index in [1.807, 2.05) is 0 Å². The summed E-state index contributed by atoms with van der Waals surface area (Å²) in [5, 5.41) is 0. The van der Waals surface area contributed by atoms with Crippen LogP contribution in [0.1, 0.15) is 49.9 Å². The molecule has 2 aliphatic rings. The van der Waals surface area contributed by atoms with Gasteiger partial charge in [0.05, 0.1) is 22.4 Å². The fourth-order valence-corrected chi connectivity index (χ4v) is 9.02. The van der Waals surface area contributed by atoms with E-state index >= 15 is 0 Å². The van der Waals surface area contributed by atoms with E-state index in [2.05, 4.69) is 195 Å². The third-order valence-corrected chi connectivity index (χ3v) is 11.6. The first-order valence-corrected chi connectivity index (χ1v) is 17.7. The molecule has 240 valence electrons. The summed E-state index contributed by atoms with van der Waals surface area (Å²) in [4.78, 5) is 0. The van der Waals surface area contributed by atoms with Gasteiger partial charge in [0, 0.05) is 22.2 Å². The Morgan fingerprint density at radius 2 is 0.700 bits per heavy atom. The standard InChI is InChI=1S/C48H38N2/c1-47(2)39-21-13-11-19-35(39)37-25-23-31(27-41(37)47)43-29-45-46(49(43)33-15-7-5-8-16-33)30-44(50(45)34-17-9-6-10-18-34)32-24-26-38-36-20-12-14-22-40(36)48(3,4)42(38)28-32/h5-30H,1-4H3. The van der Waals surface area contributed by atoms with E-state index in [1.54, 1.807) is 0 Å². The highest BCUT2D eigenvalue weighted by Crippen LogP contribution is 2.52. The second-order valence-corrected chi connectivity index (χ2v) is 15.0. The molecule has 2 aromatic heterocycles. The second kappa shape index (κ2) is 10.3. The Hall–Kier alpha value is -5.86. The molecule has 0 N–H and O–H groups in total. The van der Waals surface area contributed by atoms with Crippen molar-refractivity contribution in [2.75, 3.05) is 0 Å². The van der Waals surface area contributed by atoms with Crippen molar-refractivity contribution in [3.05, 3.63) is 180 Å². The molecule has 8 aromatic rings. The van der Waals surface area contributed by atoms with E-state index in [0.717, 1.165) is 11.4 Å². The molecule has 6 aromatic carbocycles. The SMILES string of the molecule is CC1(C)c2ccccc2-c2ccc(-c3cc4c(cc(-c5ccc6c(c5)C(C)(C)c5ccccc5-6)n4-c4ccccc4)n3-c3ccccc3)cc21. The fourth-order valence-electron chi connectivity index (χ4n) is 9.02. The van der Waals surface area contributed by atoms with E-state index in [4.69, 9.17) is 0 Å². The third kappa shape index (κ3) is 3.96. The first-order chi connectivity index (χ1) is 24.3. The third-order valence-electron chi connectivity index (χ3n) is 11.6. The average molecular weight is 643 g/mol. The molecule has 10 rings (SSSR count). The maximum Gasteiger partial charge on any atom is 0.0724 e. The fraction of sp³-hybridized carbons (Fsp3) is 0.125. The number of nitrogens with zero attached hydrogens (tertiary/aromatic N) is 2. The Morgan fingerprint density at radius 1 is 0.340 bits per heavy atom. The van der Waals surface area contributed by atoms with Gasteiger partial charge in [0.25, 0.3) is 0 Å². The van der Waals surface area contributed by atoms with Crippen molar-refractivity contribution in [3.63, 3.8) is 0 Å². The summed E-state index contributed by atoms with van der Waals surface area (Å²) in [5.74, 6) is 0. The van der Waals surface area contributed by atoms with Gasteiger partial charge in [0.15, 0.2) is 0 Å². The van der Waals surface area contributed by atoms with Crippen LogP contribution in [0.15, 0.2) is 158 Å². The summed E-state index contributed by atoms with van der Waals surface area (Å²) in [6.07, 6.45) is 0. The molecule has 2 heteroatoms. The molecule has 0 fully saturated rings. The van der Waals surface area contributed by atoms with Crippen LogP contribution in [0, 0.1) is 0 Å². The molecule has 2 aliphatic carbocycles. The minimum atomic E-state index is -0.0705. The highest BCUT2D eigenvalue weighted by molar-refractivity contribution is 5.95. The van der Waals surface area contributed by atoms with Crippen molar-refractivity contribution in [1.82, 2.24) is 9.13 Å². The summed E-state index contributed by atoms with van der Waals surface area (Å²) in [5.41, 5.74) is 20.3. The van der Waals surface area contributed by atoms with E-state index in [1.165, 1.54) is 78.1 Å². The zero-order chi connectivity index (χ0) is 33.8. The summed E-state index contributed by atoms with van der Waals surface area (Å²) < 4.78 is 4.92. The second-order valence-electron chi connectivity index (χ2n) is 15.0. The lowest BCUT2D eigenvalue weighted by Gasteiger charge is -2.22. The quantitative estimate of drug-likeness (QED) is 0.181. The van der Waals surface area contributed by atoms with Crippen LogP contribution in [-0.4, -0.2) is 9.13 Å². The van der Waals surface area contributed by atoms with Crippen LogP contribution < -0.4 is 0 Å². The monoisotopic (exact) mass is 642 g/mol. The Balaban J connectivity index is 1.22. The van der Waals surface area contributed by atoms with Gasteiger partial charge in [-0.15, -0.1) is 0 Å². The van der Waals surface area contributed by atoms with Gasteiger partial charge in [-0.2, -0.15) is 0 Å². The van der Waals surface area contributed by atoms with E-state index in [9.17, 15) is 0 Å². The molecule has 2 nitrogen and oxygen atoms in total. The number of rotatable bonds is 4. The van der Waals surface area contributed by atoms with E-state index in [-0.39, 0.29) is 10.8 Å². The predicted octanol–water partition coefficient (Wildman–Crippen LogP) is 12.4. The molecule has 0 saturated carbocycles. The van der Waals surface area contributed by atoms with Crippen molar-refractivity contribution < 1.29 is 0 Å². The zero-order valence-corrected chi connectivity index (χ0v) is 28.9. The first-order valence-electron chi connectivity index (χ1n) is 17.7. The number of hydrogen-bond acceptors (Lipinski definition) is 0. The lowest BCUT2D eigenvalue weighted by Crippen LogP contribution is -2.15. The van der Waals surface area contributed by atoms with Gasteiger partial charge >= 0.3 is 0 Å². The molecule has 0 radical (unpaired) electrons. The number of fused-ring (bicyclic) bond motifs is 7. The minimum absolute atomic E-state index is 0.0705.